The Morgan fingerprint density at radius 3 is 3.00 bits per heavy atom. The van der Waals surface area contributed by atoms with Gasteiger partial charge < -0.3 is 5.32 Å². The number of aromatic amines is 1. The standard InChI is InChI=1S/C12H12FN3/c13-10-6-2-1-4-8(10)11-9-5-3-7-14-12(9)16-15-11/h1-2,4,6H,3,5,7H2,(H2,14,15,16). The predicted octanol–water partition coefficient (Wildman–Crippen LogP) is 2.57. The first kappa shape index (κ1) is 9.39. The molecule has 0 amide bonds. The molecule has 1 aliphatic heterocycles. The minimum absolute atomic E-state index is 0.209. The van der Waals surface area contributed by atoms with Crippen molar-refractivity contribution in [2.24, 2.45) is 0 Å². The number of nitrogens with one attached hydrogen (secondary N) is 2. The normalized spacial score (nSPS) is 14.3. The number of halogens is 1. The molecule has 0 bridgehead atoms. The Morgan fingerprint density at radius 2 is 2.12 bits per heavy atom. The monoisotopic (exact) mass is 217 g/mol. The number of aromatic nitrogens is 2. The summed E-state index contributed by atoms with van der Waals surface area (Å²) in [5, 5.41) is 10.3. The van der Waals surface area contributed by atoms with Crippen molar-refractivity contribution < 1.29 is 4.39 Å². The minimum atomic E-state index is -0.209. The Balaban J connectivity index is 2.13. The third-order valence-corrected chi connectivity index (χ3v) is 2.91. The zero-order valence-electron chi connectivity index (χ0n) is 8.76. The fraction of sp³-hybridized carbons (Fsp3) is 0.250. The maximum atomic E-state index is 13.7. The molecule has 2 aromatic rings. The summed E-state index contributed by atoms with van der Waals surface area (Å²) in [6.07, 6.45) is 2.01. The lowest BCUT2D eigenvalue weighted by Crippen LogP contribution is -2.11. The summed E-state index contributed by atoms with van der Waals surface area (Å²) in [6, 6.07) is 6.78. The average molecular weight is 217 g/mol. The molecule has 0 spiro atoms. The molecule has 0 saturated heterocycles. The molecule has 16 heavy (non-hydrogen) atoms. The van der Waals surface area contributed by atoms with Crippen LogP contribution in [0.4, 0.5) is 10.2 Å². The Labute approximate surface area is 92.7 Å². The zero-order chi connectivity index (χ0) is 11.0. The third kappa shape index (κ3) is 1.38. The van der Waals surface area contributed by atoms with Crippen LogP contribution in [0.3, 0.4) is 0 Å². The van der Waals surface area contributed by atoms with Crippen molar-refractivity contribution in [3.8, 4) is 11.3 Å². The molecule has 0 saturated carbocycles. The number of rotatable bonds is 1. The molecule has 1 aliphatic rings. The number of hydrogen-bond donors (Lipinski definition) is 2. The number of anilines is 1. The number of fused-ring (bicyclic) bond motifs is 1. The van der Waals surface area contributed by atoms with E-state index in [2.05, 4.69) is 15.5 Å². The van der Waals surface area contributed by atoms with E-state index in [1.807, 2.05) is 6.07 Å². The van der Waals surface area contributed by atoms with E-state index in [9.17, 15) is 4.39 Å². The van der Waals surface area contributed by atoms with Crippen molar-refractivity contribution in [2.45, 2.75) is 12.8 Å². The van der Waals surface area contributed by atoms with E-state index in [4.69, 9.17) is 0 Å². The van der Waals surface area contributed by atoms with Crippen molar-refractivity contribution >= 4 is 5.82 Å². The molecule has 3 nitrogen and oxygen atoms in total. The van der Waals surface area contributed by atoms with Gasteiger partial charge >= 0.3 is 0 Å². The van der Waals surface area contributed by atoms with Gasteiger partial charge in [0.25, 0.3) is 0 Å². The van der Waals surface area contributed by atoms with Gasteiger partial charge in [-0.1, -0.05) is 12.1 Å². The fourth-order valence-corrected chi connectivity index (χ4v) is 2.11. The van der Waals surface area contributed by atoms with Crippen LogP contribution >= 0.6 is 0 Å². The van der Waals surface area contributed by atoms with Crippen LogP contribution in [0.15, 0.2) is 24.3 Å². The predicted molar refractivity (Wildman–Crippen MR) is 60.8 cm³/mol. The number of hydrogen-bond acceptors (Lipinski definition) is 2. The molecule has 0 radical (unpaired) electrons. The van der Waals surface area contributed by atoms with Crippen molar-refractivity contribution in [2.75, 3.05) is 11.9 Å². The smallest absolute Gasteiger partial charge is 0.151 e. The van der Waals surface area contributed by atoms with Crippen LogP contribution in [-0.2, 0) is 6.42 Å². The number of H-pyrrole nitrogens is 1. The molecule has 2 N–H and O–H groups in total. The SMILES string of the molecule is Fc1ccccc1-c1[nH]nc2c1CCCN2. The molecule has 0 unspecified atom stereocenters. The van der Waals surface area contributed by atoms with E-state index in [1.54, 1.807) is 12.1 Å². The molecule has 4 heteroatoms. The van der Waals surface area contributed by atoms with Gasteiger partial charge in [0.1, 0.15) is 5.82 Å². The number of nitrogens with zero attached hydrogens (tertiary/aromatic N) is 1. The second-order valence-corrected chi connectivity index (χ2v) is 3.94. The highest BCUT2D eigenvalue weighted by Gasteiger charge is 2.19. The van der Waals surface area contributed by atoms with E-state index in [1.165, 1.54) is 6.07 Å². The van der Waals surface area contributed by atoms with Crippen molar-refractivity contribution in [3.05, 3.63) is 35.6 Å². The van der Waals surface area contributed by atoms with E-state index in [-0.39, 0.29) is 5.82 Å². The first-order chi connectivity index (χ1) is 7.86. The summed E-state index contributed by atoms with van der Waals surface area (Å²) in [4.78, 5) is 0. The fourth-order valence-electron chi connectivity index (χ4n) is 2.11. The largest absolute Gasteiger partial charge is 0.368 e. The first-order valence-corrected chi connectivity index (χ1v) is 5.42. The van der Waals surface area contributed by atoms with Gasteiger partial charge in [-0.05, 0) is 25.0 Å². The van der Waals surface area contributed by atoms with Crippen LogP contribution in [-0.4, -0.2) is 16.7 Å². The second kappa shape index (κ2) is 3.63. The van der Waals surface area contributed by atoms with Crippen LogP contribution < -0.4 is 5.32 Å². The molecule has 0 atom stereocenters. The van der Waals surface area contributed by atoms with Gasteiger partial charge in [-0.2, -0.15) is 5.10 Å². The summed E-state index contributed by atoms with van der Waals surface area (Å²) >= 11 is 0. The highest BCUT2D eigenvalue weighted by atomic mass is 19.1. The van der Waals surface area contributed by atoms with Gasteiger partial charge in [-0.25, -0.2) is 4.39 Å². The Bertz CT molecular complexity index is 519. The van der Waals surface area contributed by atoms with Crippen LogP contribution in [0.2, 0.25) is 0 Å². The molecule has 1 aromatic carbocycles. The van der Waals surface area contributed by atoms with Gasteiger partial charge in [-0.3, -0.25) is 5.10 Å². The lowest BCUT2D eigenvalue weighted by Gasteiger charge is -2.13. The maximum absolute atomic E-state index is 13.7. The molecular formula is C12H12FN3. The van der Waals surface area contributed by atoms with E-state index in [0.717, 1.165) is 36.5 Å². The summed E-state index contributed by atoms with van der Waals surface area (Å²) in [6.45, 7) is 0.939. The van der Waals surface area contributed by atoms with Gasteiger partial charge in [-0.15, -0.1) is 0 Å². The Kier molecular flexibility index (Phi) is 2.13. The topological polar surface area (TPSA) is 40.7 Å². The van der Waals surface area contributed by atoms with Crippen LogP contribution in [0, 0.1) is 5.82 Å². The van der Waals surface area contributed by atoms with E-state index < -0.39 is 0 Å². The molecule has 0 fully saturated rings. The second-order valence-electron chi connectivity index (χ2n) is 3.94. The van der Waals surface area contributed by atoms with E-state index >= 15 is 0 Å². The zero-order valence-corrected chi connectivity index (χ0v) is 8.76. The van der Waals surface area contributed by atoms with Crippen molar-refractivity contribution in [3.63, 3.8) is 0 Å². The lowest BCUT2D eigenvalue weighted by atomic mass is 10.0. The van der Waals surface area contributed by atoms with E-state index in [0.29, 0.717) is 5.56 Å². The first-order valence-electron chi connectivity index (χ1n) is 5.42. The van der Waals surface area contributed by atoms with Gasteiger partial charge in [0.05, 0.1) is 5.69 Å². The lowest BCUT2D eigenvalue weighted by molar-refractivity contribution is 0.630. The van der Waals surface area contributed by atoms with Crippen LogP contribution in [0.5, 0.6) is 0 Å². The van der Waals surface area contributed by atoms with Crippen LogP contribution in [0.1, 0.15) is 12.0 Å². The van der Waals surface area contributed by atoms with Crippen LogP contribution in [0.25, 0.3) is 11.3 Å². The van der Waals surface area contributed by atoms with Gasteiger partial charge in [0, 0.05) is 17.7 Å². The summed E-state index contributed by atoms with van der Waals surface area (Å²) in [5.74, 6) is 0.657. The number of benzene rings is 1. The minimum Gasteiger partial charge on any atom is -0.368 e. The molecular weight excluding hydrogens is 205 g/mol. The maximum Gasteiger partial charge on any atom is 0.151 e. The molecule has 2 heterocycles. The molecule has 82 valence electrons. The van der Waals surface area contributed by atoms with Crippen molar-refractivity contribution in [1.82, 2.24) is 10.2 Å². The average Bonchev–Trinajstić information content (AvgIpc) is 2.74. The summed E-state index contributed by atoms with van der Waals surface area (Å²) in [5.41, 5.74) is 2.50. The molecule has 1 aromatic heterocycles. The quantitative estimate of drug-likeness (QED) is 0.770. The highest BCUT2D eigenvalue weighted by molar-refractivity contribution is 5.70. The molecule has 0 aliphatic carbocycles. The third-order valence-electron chi connectivity index (χ3n) is 2.91. The summed E-state index contributed by atoms with van der Waals surface area (Å²) in [7, 11) is 0. The Morgan fingerprint density at radius 1 is 1.25 bits per heavy atom. The van der Waals surface area contributed by atoms with Crippen molar-refractivity contribution in [1.29, 1.82) is 0 Å². The van der Waals surface area contributed by atoms with Gasteiger partial charge in [0.15, 0.2) is 5.82 Å². The van der Waals surface area contributed by atoms with Gasteiger partial charge in [0.2, 0.25) is 0 Å². The summed E-state index contributed by atoms with van der Waals surface area (Å²) < 4.78 is 13.7. The molecule has 3 rings (SSSR count). The highest BCUT2D eigenvalue weighted by Crippen LogP contribution is 2.31. The Hall–Kier alpha value is -1.84.